The van der Waals surface area contributed by atoms with Crippen molar-refractivity contribution in [2.24, 2.45) is 5.92 Å². The fourth-order valence-corrected chi connectivity index (χ4v) is 3.37. The van der Waals surface area contributed by atoms with Gasteiger partial charge in [-0.1, -0.05) is 55.8 Å². The Morgan fingerprint density at radius 2 is 1.61 bits per heavy atom. The van der Waals surface area contributed by atoms with Crippen LogP contribution < -0.4 is 0 Å². The van der Waals surface area contributed by atoms with Gasteiger partial charge in [0.25, 0.3) is 0 Å². The lowest BCUT2D eigenvalue weighted by molar-refractivity contribution is 0.328. The third-order valence-electron chi connectivity index (χ3n) is 4.52. The highest BCUT2D eigenvalue weighted by Gasteiger charge is 2.22. The SMILES string of the molecule is [CH2]CC1CCC(c2cccc3ccccc23)CC1. The zero-order valence-corrected chi connectivity index (χ0v) is 10.9. The van der Waals surface area contributed by atoms with Gasteiger partial charge in [-0.05, 0) is 53.9 Å². The molecule has 0 aromatic heterocycles. The first-order valence-electron chi connectivity index (χ1n) is 7.15. The summed E-state index contributed by atoms with van der Waals surface area (Å²) in [6.07, 6.45) is 6.51. The summed E-state index contributed by atoms with van der Waals surface area (Å²) in [6, 6.07) is 15.6. The van der Waals surface area contributed by atoms with Gasteiger partial charge < -0.3 is 0 Å². The zero-order chi connectivity index (χ0) is 12.4. The molecule has 0 unspecified atom stereocenters. The first kappa shape index (κ1) is 11.8. The minimum absolute atomic E-state index is 0.763. The molecule has 1 aliphatic carbocycles. The second kappa shape index (κ2) is 5.14. The van der Waals surface area contributed by atoms with Gasteiger partial charge in [-0.25, -0.2) is 0 Å². The first-order valence-corrected chi connectivity index (χ1v) is 7.15. The molecule has 1 radical (unpaired) electrons. The molecule has 2 aromatic carbocycles. The van der Waals surface area contributed by atoms with Crippen molar-refractivity contribution in [2.75, 3.05) is 0 Å². The van der Waals surface area contributed by atoms with E-state index in [-0.39, 0.29) is 0 Å². The van der Waals surface area contributed by atoms with Crippen molar-refractivity contribution in [3.05, 3.63) is 55.0 Å². The molecule has 1 aliphatic rings. The summed E-state index contributed by atoms with van der Waals surface area (Å²) in [5, 5.41) is 2.84. The van der Waals surface area contributed by atoms with Crippen molar-refractivity contribution >= 4 is 10.8 Å². The zero-order valence-electron chi connectivity index (χ0n) is 10.9. The Balaban J connectivity index is 1.91. The Morgan fingerprint density at radius 1 is 0.889 bits per heavy atom. The summed E-state index contributed by atoms with van der Waals surface area (Å²) < 4.78 is 0. The molecule has 0 bridgehead atoms. The highest BCUT2D eigenvalue weighted by molar-refractivity contribution is 5.86. The van der Waals surface area contributed by atoms with Crippen molar-refractivity contribution < 1.29 is 0 Å². The van der Waals surface area contributed by atoms with E-state index in [1.54, 1.807) is 5.56 Å². The number of rotatable bonds is 2. The molecular formula is C18H21. The second-order valence-electron chi connectivity index (χ2n) is 5.57. The Bertz CT molecular complexity index is 513. The lowest BCUT2D eigenvalue weighted by Gasteiger charge is -2.28. The smallest absolute Gasteiger partial charge is 0.0149 e. The summed E-state index contributed by atoms with van der Waals surface area (Å²) in [6.45, 7) is 4.06. The van der Waals surface area contributed by atoms with Gasteiger partial charge in [0.15, 0.2) is 0 Å². The summed E-state index contributed by atoms with van der Waals surface area (Å²) >= 11 is 0. The summed E-state index contributed by atoms with van der Waals surface area (Å²) in [5.74, 6) is 1.63. The largest absolute Gasteiger partial charge is 0.0616 e. The van der Waals surface area contributed by atoms with Crippen molar-refractivity contribution in [2.45, 2.75) is 38.0 Å². The van der Waals surface area contributed by atoms with Crippen LogP contribution in [0.25, 0.3) is 10.8 Å². The maximum atomic E-state index is 4.06. The minimum atomic E-state index is 0.763. The molecule has 0 nitrogen and oxygen atoms in total. The molecule has 0 amide bonds. The highest BCUT2D eigenvalue weighted by atomic mass is 14.3. The molecule has 0 heterocycles. The van der Waals surface area contributed by atoms with E-state index in [0.29, 0.717) is 0 Å². The van der Waals surface area contributed by atoms with E-state index >= 15 is 0 Å². The van der Waals surface area contributed by atoms with Gasteiger partial charge >= 0.3 is 0 Å². The molecule has 0 spiro atoms. The molecule has 0 saturated heterocycles. The van der Waals surface area contributed by atoms with E-state index in [9.17, 15) is 0 Å². The van der Waals surface area contributed by atoms with Gasteiger partial charge in [0.1, 0.15) is 0 Å². The number of hydrogen-bond donors (Lipinski definition) is 0. The van der Waals surface area contributed by atoms with Crippen LogP contribution in [0, 0.1) is 12.8 Å². The van der Waals surface area contributed by atoms with E-state index in [2.05, 4.69) is 49.4 Å². The molecule has 93 valence electrons. The number of hydrogen-bond acceptors (Lipinski definition) is 0. The molecule has 0 heteroatoms. The Hall–Kier alpha value is -1.30. The van der Waals surface area contributed by atoms with Crippen molar-refractivity contribution in [3.63, 3.8) is 0 Å². The summed E-state index contributed by atoms with van der Waals surface area (Å²) in [7, 11) is 0. The average Bonchev–Trinajstić information content (AvgIpc) is 2.47. The molecular weight excluding hydrogens is 216 g/mol. The van der Waals surface area contributed by atoms with Crippen LogP contribution in [-0.2, 0) is 0 Å². The van der Waals surface area contributed by atoms with E-state index in [1.165, 1.54) is 36.5 Å². The van der Waals surface area contributed by atoms with Gasteiger partial charge in [-0.15, -0.1) is 0 Å². The van der Waals surface area contributed by atoms with Crippen molar-refractivity contribution in [1.82, 2.24) is 0 Å². The third kappa shape index (κ3) is 2.16. The van der Waals surface area contributed by atoms with Crippen LogP contribution in [0.15, 0.2) is 42.5 Å². The quantitative estimate of drug-likeness (QED) is 0.661. The van der Waals surface area contributed by atoms with E-state index < -0.39 is 0 Å². The first-order chi connectivity index (χ1) is 8.88. The second-order valence-corrected chi connectivity index (χ2v) is 5.57. The normalized spacial score (nSPS) is 24.3. The maximum Gasteiger partial charge on any atom is -0.0149 e. The lowest BCUT2D eigenvalue weighted by atomic mass is 9.77. The van der Waals surface area contributed by atoms with Gasteiger partial charge in [-0.3, -0.25) is 0 Å². The van der Waals surface area contributed by atoms with E-state index in [1.807, 2.05) is 0 Å². The predicted octanol–water partition coefficient (Wildman–Crippen LogP) is 5.34. The van der Waals surface area contributed by atoms with Crippen molar-refractivity contribution in [1.29, 1.82) is 0 Å². The van der Waals surface area contributed by atoms with Crippen molar-refractivity contribution in [3.8, 4) is 0 Å². The fourth-order valence-electron chi connectivity index (χ4n) is 3.37. The van der Waals surface area contributed by atoms with E-state index in [0.717, 1.165) is 18.3 Å². The van der Waals surface area contributed by atoms with Crippen LogP contribution in [-0.4, -0.2) is 0 Å². The van der Waals surface area contributed by atoms with E-state index in [4.69, 9.17) is 0 Å². The summed E-state index contributed by atoms with van der Waals surface area (Å²) in [5.41, 5.74) is 1.57. The number of fused-ring (bicyclic) bond motifs is 1. The van der Waals surface area contributed by atoms with Gasteiger partial charge in [0, 0.05) is 0 Å². The minimum Gasteiger partial charge on any atom is -0.0616 e. The van der Waals surface area contributed by atoms with Crippen LogP contribution >= 0.6 is 0 Å². The van der Waals surface area contributed by atoms with Crippen LogP contribution in [0.2, 0.25) is 0 Å². The van der Waals surface area contributed by atoms with Gasteiger partial charge in [-0.2, -0.15) is 0 Å². The van der Waals surface area contributed by atoms with Crippen LogP contribution in [0.5, 0.6) is 0 Å². The molecule has 0 atom stereocenters. The molecule has 3 rings (SSSR count). The van der Waals surface area contributed by atoms with Crippen LogP contribution in [0.3, 0.4) is 0 Å². The number of benzene rings is 2. The highest BCUT2D eigenvalue weighted by Crippen LogP contribution is 2.39. The Morgan fingerprint density at radius 3 is 2.39 bits per heavy atom. The topological polar surface area (TPSA) is 0 Å². The maximum absolute atomic E-state index is 4.06. The Kier molecular flexibility index (Phi) is 3.36. The van der Waals surface area contributed by atoms with Crippen LogP contribution in [0.4, 0.5) is 0 Å². The lowest BCUT2D eigenvalue weighted by Crippen LogP contribution is -2.12. The predicted molar refractivity (Wildman–Crippen MR) is 78.6 cm³/mol. The fraction of sp³-hybridized carbons (Fsp3) is 0.389. The van der Waals surface area contributed by atoms with Gasteiger partial charge in [0.05, 0.1) is 0 Å². The molecule has 0 N–H and O–H groups in total. The van der Waals surface area contributed by atoms with Gasteiger partial charge in [0.2, 0.25) is 0 Å². The standard InChI is InChI=1S/C18H21/c1-2-14-10-12-16(13-11-14)18-9-5-7-15-6-3-4-8-17(15)18/h3-9,14,16H,1-2,10-13H2. The molecule has 18 heavy (non-hydrogen) atoms. The average molecular weight is 237 g/mol. The van der Waals surface area contributed by atoms with Crippen LogP contribution in [0.1, 0.15) is 43.6 Å². The monoisotopic (exact) mass is 237 g/mol. The Labute approximate surface area is 110 Å². The third-order valence-corrected chi connectivity index (χ3v) is 4.52. The molecule has 1 fully saturated rings. The summed E-state index contributed by atoms with van der Waals surface area (Å²) in [4.78, 5) is 0. The molecule has 1 saturated carbocycles. The molecule has 0 aliphatic heterocycles. The molecule has 2 aromatic rings.